The van der Waals surface area contributed by atoms with Gasteiger partial charge in [-0.15, -0.1) is 0 Å². The second kappa shape index (κ2) is 6.55. The van der Waals surface area contributed by atoms with E-state index in [1.165, 1.54) is 0 Å². The van der Waals surface area contributed by atoms with Gasteiger partial charge >= 0.3 is 5.97 Å². The van der Waals surface area contributed by atoms with Crippen molar-refractivity contribution < 1.29 is 9.53 Å². The summed E-state index contributed by atoms with van der Waals surface area (Å²) in [7, 11) is 1.89. The molecule has 0 spiro atoms. The van der Waals surface area contributed by atoms with Crippen molar-refractivity contribution in [3.05, 3.63) is 29.6 Å². The fourth-order valence-electron chi connectivity index (χ4n) is 2.42. The van der Waals surface area contributed by atoms with Crippen LogP contribution in [0.15, 0.2) is 18.3 Å². The van der Waals surface area contributed by atoms with E-state index < -0.39 is 0 Å². The van der Waals surface area contributed by atoms with Crippen LogP contribution in [0.3, 0.4) is 0 Å². The van der Waals surface area contributed by atoms with Crippen molar-refractivity contribution in [3.63, 3.8) is 0 Å². The Morgan fingerprint density at radius 3 is 3.00 bits per heavy atom. The van der Waals surface area contributed by atoms with Crippen LogP contribution < -0.4 is 0 Å². The van der Waals surface area contributed by atoms with Crippen molar-refractivity contribution in [1.82, 2.24) is 9.78 Å². The van der Waals surface area contributed by atoms with Gasteiger partial charge in [-0.1, -0.05) is 12.2 Å². The highest BCUT2D eigenvalue weighted by atomic mass is 16.5. The Bertz CT molecular complexity index is 463. The Morgan fingerprint density at radius 2 is 2.37 bits per heavy atom. The number of hydrogen-bond acceptors (Lipinski definition) is 3. The first-order chi connectivity index (χ1) is 9.15. The molecule has 1 aliphatic rings. The smallest absolute Gasteiger partial charge is 0.306 e. The number of hydrogen-bond donors (Lipinski definition) is 0. The fourth-order valence-corrected chi connectivity index (χ4v) is 2.42. The maximum Gasteiger partial charge on any atom is 0.306 e. The molecule has 0 bridgehead atoms. The van der Waals surface area contributed by atoms with Crippen LogP contribution in [0.2, 0.25) is 0 Å². The topological polar surface area (TPSA) is 44.1 Å². The lowest BCUT2D eigenvalue weighted by Gasteiger charge is -2.17. The third-order valence-corrected chi connectivity index (χ3v) is 3.57. The van der Waals surface area contributed by atoms with Crippen LogP contribution in [-0.2, 0) is 23.0 Å². The third kappa shape index (κ3) is 4.23. The highest BCUT2D eigenvalue weighted by Crippen LogP contribution is 2.18. The monoisotopic (exact) mass is 262 g/mol. The maximum atomic E-state index is 11.7. The summed E-state index contributed by atoms with van der Waals surface area (Å²) < 4.78 is 7.13. The van der Waals surface area contributed by atoms with Crippen molar-refractivity contribution in [2.75, 3.05) is 6.61 Å². The highest BCUT2D eigenvalue weighted by Gasteiger charge is 2.13. The number of aryl methyl sites for hydroxylation is 3. The summed E-state index contributed by atoms with van der Waals surface area (Å²) in [5, 5.41) is 4.27. The van der Waals surface area contributed by atoms with Gasteiger partial charge in [0.1, 0.15) is 0 Å². The van der Waals surface area contributed by atoms with Crippen molar-refractivity contribution in [1.29, 1.82) is 0 Å². The van der Waals surface area contributed by atoms with Crippen LogP contribution >= 0.6 is 0 Å². The Labute approximate surface area is 114 Å². The highest BCUT2D eigenvalue weighted by molar-refractivity contribution is 5.69. The Kier molecular flexibility index (Phi) is 4.77. The molecular weight excluding hydrogens is 240 g/mol. The molecule has 0 saturated carbocycles. The van der Waals surface area contributed by atoms with Crippen LogP contribution in [-0.4, -0.2) is 22.4 Å². The molecule has 0 aliphatic heterocycles. The Balaban J connectivity index is 1.69. The normalized spacial score (nSPS) is 18.5. The van der Waals surface area contributed by atoms with Crippen LogP contribution in [0.25, 0.3) is 0 Å². The molecule has 1 aliphatic carbocycles. The predicted molar refractivity (Wildman–Crippen MR) is 73.7 cm³/mol. The van der Waals surface area contributed by atoms with Gasteiger partial charge in [0.25, 0.3) is 0 Å². The molecule has 1 aromatic rings. The number of nitrogens with zero attached hydrogens (tertiary/aromatic N) is 2. The van der Waals surface area contributed by atoms with Gasteiger partial charge in [0.05, 0.1) is 12.3 Å². The fraction of sp³-hybridized carbons (Fsp3) is 0.600. The van der Waals surface area contributed by atoms with Crippen molar-refractivity contribution in [2.24, 2.45) is 13.0 Å². The molecular formula is C15H22N2O2. The second-order valence-corrected chi connectivity index (χ2v) is 5.25. The van der Waals surface area contributed by atoms with Crippen molar-refractivity contribution in [2.45, 2.75) is 39.0 Å². The van der Waals surface area contributed by atoms with Gasteiger partial charge in [-0.05, 0) is 44.1 Å². The standard InChI is InChI=1S/C15H22N2O2/c1-12-14(10-17(2)16-12)8-9-15(18)19-11-13-6-4-3-5-7-13/h3-4,10,13H,5-9,11H2,1-2H3. The summed E-state index contributed by atoms with van der Waals surface area (Å²) in [4.78, 5) is 11.7. The lowest BCUT2D eigenvalue weighted by molar-refractivity contribution is -0.145. The molecule has 4 nitrogen and oxygen atoms in total. The second-order valence-electron chi connectivity index (χ2n) is 5.25. The number of allylic oxidation sites excluding steroid dienone is 2. The van der Waals surface area contributed by atoms with E-state index in [0.717, 1.165) is 30.5 Å². The number of rotatable bonds is 5. The lowest BCUT2D eigenvalue weighted by Crippen LogP contribution is -2.15. The first kappa shape index (κ1) is 13.8. The molecule has 1 heterocycles. The van der Waals surface area contributed by atoms with Gasteiger partial charge in [-0.3, -0.25) is 9.48 Å². The number of aromatic nitrogens is 2. The van der Waals surface area contributed by atoms with Crippen molar-refractivity contribution in [3.8, 4) is 0 Å². The largest absolute Gasteiger partial charge is 0.465 e. The summed E-state index contributed by atoms with van der Waals surface area (Å²) in [5.41, 5.74) is 2.12. The lowest BCUT2D eigenvalue weighted by atomic mass is 9.95. The molecule has 0 N–H and O–H groups in total. The van der Waals surface area contributed by atoms with Crippen LogP contribution in [0.4, 0.5) is 0 Å². The summed E-state index contributed by atoms with van der Waals surface area (Å²) in [5.74, 6) is 0.409. The van der Waals surface area contributed by atoms with Crippen LogP contribution in [0.1, 0.15) is 36.9 Å². The first-order valence-electron chi connectivity index (χ1n) is 6.95. The molecule has 104 valence electrons. The van der Waals surface area contributed by atoms with Gasteiger partial charge in [0.2, 0.25) is 0 Å². The molecule has 0 amide bonds. The van der Waals surface area contributed by atoms with E-state index in [9.17, 15) is 4.79 Å². The zero-order valence-corrected chi connectivity index (χ0v) is 11.8. The van der Waals surface area contributed by atoms with Gasteiger partial charge in [-0.2, -0.15) is 5.10 Å². The van der Waals surface area contributed by atoms with E-state index in [2.05, 4.69) is 17.3 Å². The van der Waals surface area contributed by atoms with Crippen LogP contribution in [0.5, 0.6) is 0 Å². The zero-order chi connectivity index (χ0) is 13.7. The molecule has 1 unspecified atom stereocenters. The van der Waals surface area contributed by atoms with E-state index in [-0.39, 0.29) is 5.97 Å². The summed E-state index contributed by atoms with van der Waals surface area (Å²) in [6.07, 6.45) is 10.8. The quantitative estimate of drug-likeness (QED) is 0.605. The molecule has 4 heteroatoms. The summed E-state index contributed by atoms with van der Waals surface area (Å²) in [6, 6.07) is 0. The third-order valence-electron chi connectivity index (χ3n) is 3.57. The maximum absolute atomic E-state index is 11.7. The van der Waals surface area contributed by atoms with E-state index in [1.54, 1.807) is 4.68 Å². The van der Waals surface area contributed by atoms with Gasteiger partial charge in [0, 0.05) is 19.7 Å². The molecule has 1 aromatic heterocycles. The van der Waals surface area contributed by atoms with Crippen LogP contribution in [0, 0.1) is 12.8 Å². The predicted octanol–water partition coefficient (Wildman–Crippen LogP) is 2.56. The summed E-state index contributed by atoms with van der Waals surface area (Å²) in [6.45, 7) is 2.53. The first-order valence-corrected chi connectivity index (χ1v) is 6.95. The Hall–Kier alpha value is -1.58. The van der Waals surface area contributed by atoms with E-state index >= 15 is 0 Å². The molecule has 2 rings (SSSR count). The number of carbonyl (C=O) groups is 1. The molecule has 0 fully saturated rings. The van der Waals surface area contributed by atoms with Gasteiger partial charge < -0.3 is 4.74 Å². The zero-order valence-electron chi connectivity index (χ0n) is 11.8. The van der Waals surface area contributed by atoms with E-state index in [4.69, 9.17) is 4.74 Å². The minimum absolute atomic E-state index is 0.0993. The average molecular weight is 262 g/mol. The SMILES string of the molecule is Cc1nn(C)cc1CCC(=O)OCC1CC=CCC1. The van der Waals surface area contributed by atoms with Gasteiger partial charge in [-0.25, -0.2) is 0 Å². The number of carbonyl (C=O) groups excluding carboxylic acids is 1. The van der Waals surface area contributed by atoms with E-state index in [1.807, 2.05) is 20.2 Å². The molecule has 1 atom stereocenters. The molecule has 0 aromatic carbocycles. The van der Waals surface area contributed by atoms with Gasteiger partial charge in [0.15, 0.2) is 0 Å². The summed E-state index contributed by atoms with van der Waals surface area (Å²) >= 11 is 0. The van der Waals surface area contributed by atoms with E-state index in [0.29, 0.717) is 25.4 Å². The Morgan fingerprint density at radius 1 is 1.53 bits per heavy atom. The minimum Gasteiger partial charge on any atom is -0.465 e. The average Bonchev–Trinajstić information content (AvgIpc) is 2.73. The molecule has 0 radical (unpaired) electrons. The molecule has 19 heavy (non-hydrogen) atoms. The molecule has 0 saturated heterocycles. The van der Waals surface area contributed by atoms with Crippen molar-refractivity contribution >= 4 is 5.97 Å². The number of ether oxygens (including phenoxy) is 1. The minimum atomic E-state index is -0.0993. The number of esters is 1.